The van der Waals surface area contributed by atoms with Gasteiger partial charge in [0.1, 0.15) is 17.7 Å². The zero-order chi connectivity index (χ0) is 10.8. The highest BCUT2D eigenvalue weighted by atomic mass is 32.2. The molecular weight excluding hydrogens is 214 g/mol. The molecule has 0 aliphatic carbocycles. The molecule has 1 aliphatic rings. The Balaban J connectivity index is 2.06. The van der Waals surface area contributed by atoms with E-state index in [4.69, 9.17) is 4.74 Å². The maximum atomic E-state index is 11.4. The summed E-state index contributed by atoms with van der Waals surface area (Å²) in [6, 6.07) is 0. The fourth-order valence-electron chi connectivity index (χ4n) is 1.50. The molecule has 6 heteroatoms. The minimum absolute atomic E-state index is 0.0213. The molecule has 1 aromatic rings. The van der Waals surface area contributed by atoms with Crippen LogP contribution in [0.2, 0.25) is 0 Å². The third-order valence-corrected chi connectivity index (χ3v) is 3.49. The van der Waals surface area contributed by atoms with E-state index in [2.05, 4.69) is 10.2 Å². The molecule has 1 aliphatic heterocycles. The molecule has 5 nitrogen and oxygen atoms in total. The second-order valence-electron chi connectivity index (χ2n) is 3.49. The molecule has 2 rings (SSSR count). The van der Waals surface area contributed by atoms with E-state index in [0.717, 1.165) is 18.1 Å². The van der Waals surface area contributed by atoms with Crippen LogP contribution >= 0.6 is 11.8 Å². The van der Waals surface area contributed by atoms with E-state index in [1.165, 1.54) is 11.8 Å². The molecule has 0 radical (unpaired) electrons. The Morgan fingerprint density at radius 3 is 3.13 bits per heavy atom. The van der Waals surface area contributed by atoms with E-state index in [9.17, 15) is 4.79 Å². The van der Waals surface area contributed by atoms with Crippen LogP contribution in [0.25, 0.3) is 0 Å². The Hall–Kier alpha value is -1.04. The lowest BCUT2D eigenvalue weighted by atomic mass is 10.3. The highest BCUT2D eigenvalue weighted by Crippen LogP contribution is 2.30. The van der Waals surface area contributed by atoms with Gasteiger partial charge in [0.15, 0.2) is 5.16 Å². The van der Waals surface area contributed by atoms with Gasteiger partial charge in [-0.2, -0.15) is 0 Å². The summed E-state index contributed by atoms with van der Waals surface area (Å²) < 4.78 is 7.00. The van der Waals surface area contributed by atoms with Gasteiger partial charge < -0.3 is 9.30 Å². The topological polar surface area (TPSA) is 57.0 Å². The van der Waals surface area contributed by atoms with Crippen LogP contribution in [0.5, 0.6) is 0 Å². The van der Waals surface area contributed by atoms with Gasteiger partial charge in [0.05, 0.1) is 0 Å². The summed E-state index contributed by atoms with van der Waals surface area (Å²) >= 11 is 1.44. The van der Waals surface area contributed by atoms with Crippen molar-refractivity contribution in [3.05, 3.63) is 6.33 Å². The Bertz CT molecular complexity index is 366. The Morgan fingerprint density at radius 1 is 1.73 bits per heavy atom. The van der Waals surface area contributed by atoms with Crippen LogP contribution in [0, 0.1) is 0 Å². The maximum absolute atomic E-state index is 11.4. The number of aryl methyl sites for hydroxylation is 1. The van der Waals surface area contributed by atoms with Crippen LogP contribution in [0.3, 0.4) is 0 Å². The number of carbonyl (C=O) groups excluding carboxylic acids is 1. The molecule has 0 bridgehead atoms. The third-order valence-electron chi connectivity index (χ3n) is 2.29. The third kappa shape index (κ3) is 2.14. The highest BCUT2D eigenvalue weighted by Gasteiger charge is 2.33. The molecule has 0 N–H and O–H groups in total. The van der Waals surface area contributed by atoms with E-state index in [1.807, 2.05) is 18.4 Å². The first-order valence-electron chi connectivity index (χ1n) is 4.95. The van der Waals surface area contributed by atoms with Crippen molar-refractivity contribution < 1.29 is 9.53 Å². The van der Waals surface area contributed by atoms with Gasteiger partial charge >= 0.3 is 5.97 Å². The first-order chi connectivity index (χ1) is 7.20. The van der Waals surface area contributed by atoms with Gasteiger partial charge in [-0.25, -0.2) is 0 Å². The van der Waals surface area contributed by atoms with Gasteiger partial charge in [-0.15, -0.1) is 10.2 Å². The van der Waals surface area contributed by atoms with Gasteiger partial charge in [-0.3, -0.25) is 4.79 Å². The summed E-state index contributed by atoms with van der Waals surface area (Å²) in [5, 5.41) is 8.45. The van der Waals surface area contributed by atoms with E-state index in [0.29, 0.717) is 0 Å². The number of ether oxygens (including phenoxy) is 1. The van der Waals surface area contributed by atoms with Gasteiger partial charge in [0.25, 0.3) is 0 Å². The monoisotopic (exact) mass is 227 g/mol. The first kappa shape index (κ1) is 10.5. The molecule has 0 saturated carbocycles. The van der Waals surface area contributed by atoms with E-state index >= 15 is 0 Å². The van der Waals surface area contributed by atoms with Crippen molar-refractivity contribution in [3.8, 4) is 0 Å². The Morgan fingerprint density at radius 2 is 2.53 bits per heavy atom. The smallest absolute Gasteiger partial charge is 0.319 e. The zero-order valence-electron chi connectivity index (χ0n) is 8.71. The summed E-state index contributed by atoms with van der Waals surface area (Å²) in [4.78, 5) is 11.4. The van der Waals surface area contributed by atoms with Crippen molar-refractivity contribution in [3.63, 3.8) is 0 Å². The Kier molecular flexibility index (Phi) is 2.95. The van der Waals surface area contributed by atoms with E-state index < -0.39 is 0 Å². The van der Waals surface area contributed by atoms with Crippen molar-refractivity contribution in [2.45, 2.75) is 43.3 Å². The summed E-state index contributed by atoms with van der Waals surface area (Å²) in [6.45, 7) is 4.73. The lowest BCUT2D eigenvalue weighted by molar-refractivity contribution is -0.140. The summed E-state index contributed by atoms with van der Waals surface area (Å²) in [6.07, 6.45) is 2.44. The molecule has 1 saturated heterocycles. The number of hydrogen-bond acceptors (Lipinski definition) is 5. The predicted molar refractivity (Wildman–Crippen MR) is 55.5 cm³/mol. The molecule has 1 fully saturated rings. The van der Waals surface area contributed by atoms with E-state index in [-0.39, 0.29) is 17.3 Å². The van der Waals surface area contributed by atoms with Crippen LogP contribution in [0.4, 0.5) is 0 Å². The van der Waals surface area contributed by atoms with Crippen molar-refractivity contribution in [2.75, 3.05) is 0 Å². The SMILES string of the molecule is CCn1cnnc1S[C@H]1C[C@H](C)OC1=O. The number of nitrogens with zero attached hydrogens (tertiary/aromatic N) is 3. The van der Waals surface area contributed by atoms with Crippen LogP contribution in [-0.2, 0) is 16.1 Å². The largest absolute Gasteiger partial charge is 0.462 e. The molecule has 82 valence electrons. The number of hydrogen-bond donors (Lipinski definition) is 0. The van der Waals surface area contributed by atoms with Crippen molar-refractivity contribution in [2.24, 2.45) is 0 Å². The maximum Gasteiger partial charge on any atom is 0.319 e. The fourth-order valence-corrected chi connectivity index (χ4v) is 2.68. The van der Waals surface area contributed by atoms with Crippen LogP contribution < -0.4 is 0 Å². The number of cyclic esters (lactones) is 1. The molecule has 0 aromatic carbocycles. The van der Waals surface area contributed by atoms with Crippen LogP contribution in [0.1, 0.15) is 20.3 Å². The molecule has 1 aromatic heterocycles. The molecular formula is C9H13N3O2S. The zero-order valence-corrected chi connectivity index (χ0v) is 9.53. The molecule has 15 heavy (non-hydrogen) atoms. The number of aromatic nitrogens is 3. The number of rotatable bonds is 3. The summed E-state index contributed by atoms with van der Waals surface area (Å²) in [5.41, 5.74) is 0. The molecule has 0 unspecified atom stereocenters. The fraction of sp³-hybridized carbons (Fsp3) is 0.667. The molecule has 2 atom stereocenters. The standard InChI is InChI=1S/C9H13N3O2S/c1-3-12-5-10-11-9(12)15-7-4-6(2)14-8(7)13/h5-7H,3-4H2,1-2H3/t6-,7-/m0/s1. The Labute approximate surface area is 92.2 Å². The predicted octanol–water partition coefficient (Wildman–Crippen LogP) is 1.09. The second kappa shape index (κ2) is 4.22. The lowest BCUT2D eigenvalue weighted by Crippen LogP contribution is -2.11. The number of thioether (sulfide) groups is 1. The van der Waals surface area contributed by atoms with Gasteiger partial charge in [-0.05, 0) is 13.8 Å². The van der Waals surface area contributed by atoms with Crippen LogP contribution in [-0.4, -0.2) is 32.1 Å². The number of carbonyl (C=O) groups is 1. The average molecular weight is 227 g/mol. The summed E-state index contributed by atoms with van der Waals surface area (Å²) in [7, 11) is 0. The molecule has 0 amide bonds. The summed E-state index contributed by atoms with van der Waals surface area (Å²) in [5.74, 6) is -0.141. The van der Waals surface area contributed by atoms with Crippen molar-refractivity contribution in [1.82, 2.24) is 14.8 Å². The molecule has 0 spiro atoms. The van der Waals surface area contributed by atoms with Gasteiger partial charge in [0.2, 0.25) is 0 Å². The molecule has 2 heterocycles. The first-order valence-corrected chi connectivity index (χ1v) is 5.83. The minimum Gasteiger partial charge on any atom is -0.462 e. The van der Waals surface area contributed by atoms with E-state index in [1.54, 1.807) is 6.33 Å². The quantitative estimate of drug-likeness (QED) is 0.724. The minimum atomic E-state index is -0.141. The number of esters is 1. The van der Waals surface area contributed by atoms with Gasteiger partial charge in [-0.1, -0.05) is 11.8 Å². The van der Waals surface area contributed by atoms with Crippen molar-refractivity contribution >= 4 is 17.7 Å². The van der Waals surface area contributed by atoms with Gasteiger partial charge in [0, 0.05) is 13.0 Å². The second-order valence-corrected chi connectivity index (χ2v) is 4.66. The lowest BCUT2D eigenvalue weighted by Gasteiger charge is -2.05. The normalized spacial score (nSPS) is 25.6. The highest BCUT2D eigenvalue weighted by molar-refractivity contribution is 8.00. The van der Waals surface area contributed by atoms with Crippen molar-refractivity contribution in [1.29, 1.82) is 0 Å². The van der Waals surface area contributed by atoms with Crippen LogP contribution in [0.15, 0.2) is 11.5 Å². The average Bonchev–Trinajstić information content (AvgIpc) is 2.74.